The van der Waals surface area contributed by atoms with E-state index >= 15 is 0 Å². The molecule has 5 nitrogen and oxygen atoms in total. The summed E-state index contributed by atoms with van der Waals surface area (Å²) in [6, 6.07) is 7.32. The molecule has 0 aliphatic carbocycles. The fourth-order valence-electron chi connectivity index (χ4n) is 2.17. The predicted molar refractivity (Wildman–Crippen MR) is 80.4 cm³/mol. The highest BCUT2D eigenvalue weighted by molar-refractivity contribution is 6.30. The van der Waals surface area contributed by atoms with Crippen LogP contribution < -0.4 is 4.74 Å². The molecule has 0 spiro atoms. The molecule has 2 aromatic heterocycles. The second-order valence-corrected chi connectivity index (χ2v) is 5.03. The number of rotatable bonds is 2. The Kier molecular flexibility index (Phi) is 3.35. The van der Waals surface area contributed by atoms with Gasteiger partial charge in [0, 0.05) is 23.7 Å². The summed E-state index contributed by atoms with van der Waals surface area (Å²) in [4.78, 5) is 23.0. The van der Waals surface area contributed by atoms with Crippen LogP contribution in [0.1, 0.15) is 12.7 Å². The second kappa shape index (κ2) is 5.18. The van der Waals surface area contributed by atoms with E-state index in [1.165, 1.54) is 6.92 Å². The first kappa shape index (κ1) is 13.6. The topological polar surface area (TPSA) is 67.9 Å². The first-order chi connectivity index (χ1) is 10.0. The number of aryl methyl sites for hydroxylation is 1. The summed E-state index contributed by atoms with van der Waals surface area (Å²) >= 11 is 5.92. The van der Waals surface area contributed by atoms with Crippen molar-refractivity contribution in [2.75, 3.05) is 0 Å². The number of hydrogen-bond donors (Lipinski definition) is 1. The molecule has 0 saturated carbocycles. The van der Waals surface area contributed by atoms with Crippen molar-refractivity contribution < 1.29 is 9.53 Å². The molecule has 106 valence electrons. The normalized spacial score (nSPS) is 10.8. The van der Waals surface area contributed by atoms with Crippen molar-refractivity contribution in [1.82, 2.24) is 15.0 Å². The molecule has 0 unspecified atom stereocenters. The van der Waals surface area contributed by atoms with Gasteiger partial charge in [0.15, 0.2) is 5.75 Å². The summed E-state index contributed by atoms with van der Waals surface area (Å²) in [5.41, 5.74) is 2.21. The highest BCUT2D eigenvalue weighted by atomic mass is 35.5. The third-order valence-electron chi connectivity index (χ3n) is 2.98. The van der Waals surface area contributed by atoms with Crippen molar-refractivity contribution in [3.8, 4) is 17.0 Å². The zero-order valence-electron chi connectivity index (χ0n) is 11.5. The van der Waals surface area contributed by atoms with E-state index in [4.69, 9.17) is 16.3 Å². The van der Waals surface area contributed by atoms with Crippen LogP contribution in [0.25, 0.3) is 22.3 Å². The molecule has 0 aliphatic rings. The highest BCUT2D eigenvalue weighted by Crippen LogP contribution is 2.33. The van der Waals surface area contributed by atoms with Crippen LogP contribution in [0.15, 0.2) is 30.5 Å². The van der Waals surface area contributed by atoms with Gasteiger partial charge in [-0.25, -0.2) is 9.97 Å². The number of ether oxygens (including phenoxy) is 1. The summed E-state index contributed by atoms with van der Waals surface area (Å²) < 4.78 is 5.22. The van der Waals surface area contributed by atoms with Crippen LogP contribution in [0, 0.1) is 6.92 Å². The molecule has 3 rings (SSSR count). The van der Waals surface area contributed by atoms with Crippen LogP contribution >= 0.6 is 11.6 Å². The molecule has 6 heteroatoms. The Morgan fingerprint density at radius 1 is 1.24 bits per heavy atom. The summed E-state index contributed by atoms with van der Waals surface area (Å²) in [6.45, 7) is 3.17. The van der Waals surface area contributed by atoms with Gasteiger partial charge in [0.05, 0.1) is 11.1 Å². The van der Waals surface area contributed by atoms with Crippen LogP contribution in [0.3, 0.4) is 0 Å². The summed E-state index contributed by atoms with van der Waals surface area (Å²) in [6.07, 6.45) is 1.61. The van der Waals surface area contributed by atoms with E-state index < -0.39 is 5.97 Å². The molecule has 0 saturated heterocycles. The molecule has 1 aromatic carbocycles. The fraction of sp³-hybridized carbons (Fsp3) is 0.133. The maximum atomic E-state index is 11.2. The smallest absolute Gasteiger partial charge is 0.308 e. The number of benzene rings is 1. The summed E-state index contributed by atoms with van der Waals surface area (Å²) in [5.74, 6) is 0.657. The van der Waals surface area contributed by atoms with Gasteiger partial charge < -0.3 is 9.72 Å². The Bertz CT molecular complexity index is 825. The largest absolute Gasteiger partial charge is 0.424 e. The Labute approximate surface area is 125 Å². The Balaban J connectivity index is 2.26. The minimum Gasteiger partial charge on any atom is -0.424 e. The number of hydrogen-bond acceptors (Lipinski definition) is 4. The third-order valence-corrected chi connectivity index (χ3v) is 3.23. The van der Waals surface area contributed by atoms with E-state index in [0.29, 0.717) is 33.3 Å². The molecule has 2 heterocycles. The van der Waals surface area contributed by atoms with Gasteiger partial charge >= 0.3 is 5.97 Å². The van der Waals surface area contributed by atoms with Gasteiger partial charge in [0.1, 0.15) is 11.5 Å². The number of fused-ring (bicyclic) bond motifs is 1. The van der Waals surface area contributed by atoms with E-state index in [0.717, 1.165) is 5.56 Å². The van der Waals surface area contributed by atoms with E-state index in [2.05, 4.69) is 15.0 Å². The molecular weight excluding hydrogens is 290 g/mol. The monoisotopic (exact) mass is 301 g/mol. The van der Waals surface area contributed by atoms with Crippen LogP contribution in [0.4, 0.5) is 0 Å². The minimum atomic E-state index is -0.390. The summed E-state index contributed by atoms with van der Waals surface area (Å²) in [5, 5.41) is 1.33. The molecular formula is C15H12ClN3O2. The van der Waals surface area contributed by atoms with Gasteiger partial charge in [-0.1, -0.05) is 23.7 Å². The lowest BCUT2D eigenvalue weighted by atomic mass is 10.1. The first-order valence-electron chi connectivity index (χ1n) is 6.34. The molecule has 0 bridgehead atoms. The van der Waals surface area contributed by atoms with Crippen molar-refractivity contribution in [3.05, 3.63) is 41.3 Å². The Morgan fingerprint density at radius 2 is 1.95 bits per heavy atom. The lowest BCUT2D eigenvalue weighted by molar-refractivity contribution is -0.131. The Hall–Kier alpha value is -2.40. The SMILES string of the molecule is CC(=O)Oc1c[nH]c2nc(C)nc(-c3ccc(Cl)cc3)c12. The maximum absolute atomic E-state index is 11.2. The molecule has 0 radical (unpaired) electrons. The summed E-state index contributed by atoms with van der Waals surface area (Å²) in [7, 11) is 0. The van der Waals surface area contributed by atoms with Gasteiger partial charge in [-0.3, -0.25) is 4.79 Å². The second-order valence-electron chi connectivity index (χ2n) is 4.60. The number of carbonyl (C=O) groups excluding carboxylic acids is 1. The number of H-pyrrole nitrogens is 1. The van der Waals surface area contributed by atoms with Gasteiger partial charge in [0.2, 0.25) is 0 Å². The lowest BCUT2D eigenvalue weighted by Gasteiger charge is -2.06. The number of nitrogens with one attached hydrogen (secondary N) is 1. The molecule has 3 aromatic rings. The molecule has 0 fully saturated rings. The highest BCUT2D eigenvalue weighted by Gasteiger charge is 2.16. The van der Waals surface area contributed by atoms with Crippen molar-refractivity contribution in [3.63, 3.8) is 0 Å². The van der Waals surface area contributed by atoms with Crippen LogP contribution in [0.2, 0.25) is 5.02 Å². The number of aromatic amines is 1. The average Bonchev–Trinajstić information content (AvgIpc) is 2.81. The number of carbonyl (C=O) groups is 1. The molecule has 0 atom stereocenters. The third kappa shape index (κ3) is 2.60. The molecule has 21 heavy (non-hydrogen) atoms. The lowest BCUT2D eigenvalue weighted by Crippen LogP contribution is -2.01. The molecule has 0 amide bonds. The van der Waals surface area contributed by atoms with E-state index in [-0.39, 0.29) is 0 Å². The van der Waals surface area contributed by atoms with Gasteiger partial charge in [-0.15, -0.1) is 0 Å². The number of halogens is 1. The van der Waals surface area contributed by atoms with Gasteiger partial charge in [-0.2, -0.15) is 0 Å². The Morgan fingerprint density at radius 3 is 2.62 bits per heavy atom. The van der Waals surface area contributed by atoms with Crippen LogP contribution in [0.5, 0.6) is 5.75 Å². The van der Waals surface area contributed by atoms with E-state index in [9.17, 15) is 4.79 Å². The van der Waals surface area contributed by atoms with E-state index in [1.807, 2.05) is 19.1 Å². The quantitative estimate of drug-likeness (QED) is 0.735. The minimum absolute atomic E-state index is 0.390. The predicted octanol–water partition coefficient (Wildman–Crippen LogP) is 3.51. The van der Waals surface area contributed by atoms with Gasteiger partial charge in [0.25, 0.3) is 0 Å². The number of aromatic nitrogens is 3. The van der Waals surface area contributed by atoms with Crippen LogP contribution in [-0.4, -0.2) is 20.9 Å². The maximum Gasteiger partial charge on any atom is 0.308 e. The van der Waals surface area contributed by atoms with Crippen molar-refractivity contribution in [1.29, 1.82) is 0 Å². The first-order valence-corrected chi connectivity index (χ1v) is 6.72. The molecule has 0 aliphatic heterocycles. The standard InChI is InChI=1S/C15H12ClN3O2/c1-8-18-14(10-3-5-11(16)6-4-10)13-12(21-9(2)20)7-17-15(13)19-8/h3-7H,1-2H3,(H,17,18,19). The van der Waals surface area contributed by atoms with E-state index in [1.54, 1.807) is 18.3 Å². The fourth-order valence-corrected chi connectivity index (χ4v) is 2.29. The van der Waals surface area contributed by atoms with Crippen molar-refractivity contribution >= 4 is 28.6 Å². The molecule has 1 N–H and O–H groups in total. The van der Waals surface area contributed by atoms with Crippen molar-refractivity contribution in [2.24, 2.45) is 0 Å². The zero-order chi connectivity index (χ0) is 15.0. The van der Waals surface area contributed by atoms with Gasteiger partial charge in [-0.05, 0) is 19.1 Å². The number of nitrogens with zero attached hydrogens (tertiary/aromatic N) is 2. The zero-order valence-corrected chi connectivity index (χ0v) is 12.2. The van der Waals surface area contributed by atoms with Crippen LogP contribution in [-0.2, 0) is 4.79 Å². The van der Waals surface area contributed by atoms with Crippen molar-refractivity contribution in [2.45, 2.75) is 13.8 Å². The number of esters is 1. The average molecular weight is 302 g/mol.